The Balaban J connectivity index is 0.000000300. The number of nitrogens with zero attached hydrogens (tertiary/aromatic N) is 4. The van der Waals surface area contributed by atoms with E-state index in [4.69, 9.17) is 20.9 Å². The first kappa shape index (κ1) is 25.3. The summed E-state index contributed by atoms with van der Waals surface area (Å²) in [5.41, 5.74) is 12.7. The molecule has 2 aromatic rings. The lowest BCUT2D eigenvalue weighted by Gasteiger charge is -2.21. The summed E-state index contributed by atoms with van der Waals surface area (Å²) < 4.78 is 13.2. The van der Waals surface area contributed by atoms with Crippen LogP contribution in [0, 0.1) is 13.8 Å². The lowest BCUT2D eigenvalue weighted by Crippen LogP contribution is -2.43. The second-order valence-electron chi connectivity index (χ2n) is 7.41. The first-order chi connectivity index (χ1) is 13.8. The third kappa shape index (κ3) is 5.45. The summed E-state index contributed by atoms with van der Waals surface area (Å²) in [6.07, 6.45) is 3.35. The van der Waals surface area contributed by atoms with Gasteiger partial charge >= 0.3 is 11.9 Å². The minimum Gasteiger partial charge on any atom is -0.464 e. The number of aryl methyl sites for hydroxylation is 3. The first-order valence-corrected chi connectivity index (χ1v) is 9.72. The zero-order valence-electron chi connectivity index (χ0n) is 19.1. The summed E-state index contributed by atoms with van der Waals surface area (Å²) in [5, 5.41) is 8.20. The van der Waals surface area contributed by atoms with Crippen molar-refractivity contribution in [3.05, 3.63) is 34.9 Å². The van der Waals surface area contributed by atoms with E-state index in [0.717, 1.165) is 11.4 Å². The number of aromatic nitrogens is 4. The van der Waals surface area contributed by atoms with E-state index in [2.05, 4.69) is 10.2 Å². The number of esters is 2. The van der Waals surface area contributed by atoms with Gasteiger partial charge in [0.1, 0.15) is 11.1 Å². The number of carbonyl (C=O) groups excluding carboxylic acids is 2. The molecule has 2 unspecified atom stereocenters. The van der Waals surface area contributed by atoms with Crippen LogP contribution in [-0.4, -0.2) is 44.7 Å². The largest absolute Gasteiger partial charge is 0.464 e. The SMILES string of the molecule is CCOC(=O)C(C)(N)c1cn(C)nc1C.CCOC(=O)C(C)(N)c1cnn(C)c1C. The predicted molar refractivity (Wildman–Crippen MR) is 112 cm³/mol. The molecule has 4 N–H and O–H groups in total. The average Bonchev–Trinajstić information content (AvgIpc) is 3.18. The second kappa shape index (κ2) is 9.86. The zero-order valence-corrected chi connectivity index (χ0v) is 19.1. The van der Waals surface area contributed by atoms with Crippen LogP contribution in [0.5, 0.6) is 0 Å². The second-order valence-corrected chi connectivity index (χ2v) is 7.41. The van der Waals surface area contributed by atoms with Gasteiger partial charge in [-0.15, -0.1) is 0 Å². The fraction of sp³-hybridized carbons (Fsp3) is 0.600. The van der Waals surface area contributed by atoms with Crippen LogP contribution in [0.25, 0.3) is 0 Å². The molecular formula is C20H34N6O4. The normalized spacial score (nSPS) is 14.7. The first-order valence-electron chi connectivity index (χ1n) is 9.72. The maximum atomic E-state index is 11.6. The molecule has 0 amide bonds. The van der Waals surface area contributed by atoms with Crippen molar-refractivity contribution in [2.45, 2.75) is 52.6 Å². The molecule has 0 aliphatic rings. The van der Waals surface area contributed by atoms with Gasteiger partial charge in [-0.3, -0.25) is 9.36 Å². The van der Waals surface area contributed by atoms with Gasteiger partial charge in [-0.05, 0) is 41.5 Å². The Morgan fingerprint density at radius 2 is 1.47 bits per heavy atom. The summed E-state index contributed by atoms with van der Waals surface area (Å²) in [7, 11) is 3.60. The van der Waals surface area contributed by atoms with Gasteiger partial charge in [0.2, 0.25) is 0 Å². The smallest absolute Gasteiger partial charge is 0.330 e. The highest BCUT2D eigenvalue weighted by Gasteiger charge is 2.36. The third-order valence-electron chi connectivity index (χ3n) is 4.77. The van der Waals surface area contributed by atoms with E-state index < -0.39 is 23.0 Å². The van der Waals surface area contributed by atoms with Crippen LogP contribution >= 0.6 is 0 Å². The number of nitrogens with two attached hydrogens (primary N) is 2. The predicted octanol–water partition coefficient (Wildman–Crippen LogP) is 0.931. The van der Waals surface area contributed by atoms with Crippen molar-refractivity contribution in [1.82, 2.24) is 19.6 Å². The molecule has 0 fully saturated rings. The molecule has 2 rings (SSSR count). The highest BCUT2D eigenvalue weighted by atomic mass is 16.5. The molecule has 0 spiro atoms. The maximum Gasteiger partial charge on any atom is 0.330 e. The summed E-state index contributed by atoms with van der Waals surface area (Å²) >= 11 is 0. The van der Waals surface area contributed by atoms with Crippen LogP contribution in [0.15, 0.2) is 12.4 Å². The van der Waals surface area contributed by atoms with Crippen LogP contribution in [0.1, 0.15) is 50.2 Å². The average molecular weight is 423 g/mol. The van der Waals surface area contributed by atoms with E-state index in [1.807, 2.05) is 13.8 Å². The van der Waals surface area contributed by atoms with Crippen molar-refractivity contribution >= 4 is 11.9 Å². The van der Waals surface area contributed by atoms with Crippen LogP contribution in [0.4, 0.5) is 0 Å². The highest BCUT2D eigenvalue weighted by molar-refractivity contribution is 5.82. The topological polar surface area (TPSA) is 140 Å². The molecular weight excluding hydrogens is 388 g/mol. The number of ether oxygens (including phenoxy) is 2. The van der Waals surface area contributed by atoms with E-state index in [0.29, 0.717) is 24.3 Å². The zero-order chi connectivity index (χ0) is 23.3. The van der Waals surface area contributed by atoms with E-state index in [1.165, 1.54) is 0 Å². The van der Waals surface area contributed by atoms with Gasteiger partial charge in [0.25, 0.3) is 0 Å². The van der Waals surface area contributed by atoms with Crippen molar-refractivity contribution < 1.29 is 19.1 Å². The van der Waals surface area contributed by atoms with Crippen molar-refractivity contribution in [3.63, 3.8) is 0 Å². The Hall–Kier alpha value is -2.72. The molecule has 2 atom stereocenters. The fourth-order valence-electron chi connectivity index (χ4n) is 2.90. The number of hydrogen-bond acceptors (Lipinski definition) is 8. The summed E-state index contributed by atoms with van der Waals surface area (Å²) in [6, 6.07) is 0. The van der Waals surface area contributed by atoms with Crippen LogP contribution in [-0.2, 0) is 44.2 Å². The van der Waals surface area contributed by atoms with Gasteiger partial charge < -0.3 is 20.9 Å². The lowest BCUT2D eigenvalue weighted by molar-refractivity contribution is -0.150. The molecule has 0 aliphatic carbocycles. The van der Waals surface area contributed by atoms with E-state index in [-0.39, 0.29) is 0 Å². The van der Waals surface area contributed by atoms with Gasteiger partial charge in [0, 0.05) is 37.1 Å². The number of carbonyl (C=O) groups is 2. The molecule has 10 heteroatoms. The molecule has 0 saturated carbocycles. The van der Waals surface area contributed by atoms with Gasteiger partial charge in [-0.25, -0.2) is 9.59 Å². The van der Waals surface area contributed by atoms with Crippen molar-refractivity contribution in [3.8, 4) is 0 Å². The van der Waals surface area contributed by atoms with Crippen molar-refractivity contribution in [1.29, 1.82) is 0 Å². The quantitative estimate of drug-likeness (QED) is 0.655. The molecule has 0 radical (unpaired) electrons. The minimum atomic E-state index is -1.13. The van der Waals surface area contributed by atoms with Crippen LogP contribution in [0.3, 0.4) is 0 Å². The van der Waals surface area contributed by atoms with Gasteiger partial charge in [0.15, 0.2) is 0 Å². The molecule has 2 heterocycles. The van der Waals surface area contributed by atoms with Crippen LogP contribution in [0.2, 0.25) is 0 Å². The Bertz CT molecular complexity index is 854. The minimum absolute atomic E-state index is 0.324. The molecule has 0 aromatic carbocycles. The monoisotopic (exact) mass is 422 g/mol. The maximum absolute atomic E-state index is 11.6. The van der Waals surface area contributed by atoms with E-state index in [9.17, 15) is 9.59 Å². The van der Waals surface area contributed by atoms with E-state index >= 15 is 0 Å². The van der Waals surface area contributed by atoms with Gasteiger partial charge in [0.05, 0.1) is 25.1 Å². The Labute approximate surface area is 177 Å². The molecule has 168 valence electrons. The van der Waals surface area contributed by atoms with Gasteiger partial charge in [-0.1, -0.05) is 0 Å². The number of rotatable bonds is 6. The molecule has 2 aromatic heterocycles. The molecule has 0 saturated heterocycles. The third-order valence-corrected chi connectivity index (χ3v) is 4.77. The van der Waals surface area contributed by atoms with E-state index in [1.54, 1.807) is 63.5 Å². The Morgan fingerprint density at radius 1 is 1.00 bits per heavy atom. The lowest BCUT2D eigenvalue weighted by atomic mass is 9.94. The standard InChI is InChI=1S/2C10H17N3O2/c1-5-15-9(14)10(3,11)8-6-13(4)12-7(8)2;1-5-15-9(14)10(3,11)8-6-12-13(4)7(8)2/h2*6H,5,11H2,1-4H3. The molecule has 0 bridgehead atoms. The summed E-state index contributed by atoms with van der Waals surface area (Å²) in [4.78, 5) is 23.3. The highest BCUT2D eigenvalue weighted by Crippen LogP contribution is 2.23. The number of hydrogen-bond donors (Lipinski definition) is 2. The molecule has 10 nitrogen and oxygen atoms in total. The van der Waals surface area contributed by atoms with Gasteiger partial charge in [-0.2, -0.15) is 10.2 Å². The van der Waals surface area contributed by atoms with Crippen LogP contribution < -0.4 is 11.5 Å². The summed E-state index contributed by atoms with van der Waals surface area (Å²) in [5.74, 6) is -0.859. The molecule has 0 aliphatic heterocycles. The summed E-state index contributed by atoms with van der Waals surface area (Å²) in [6.45, 7) is 11.1. The van der Waals surface area contributed by atoms with Crippen molar-refractivity contribution in [2.75, 3.05) is 13.2 Å². The van der Waals surface area contributed by atoms with Crippen molar-refractivity contribution in [2.24, 2.45) is 25.6 Å². The fourth-order valence-corrected chi connectivity index (χ4v) is 2.90. The molecule has 30 heavy (non-hydrogen) atoms. The Kier molecular flexibility index (Phi) is 8.32. The Morgan fingerprint density at radius 3 is 1.80 bits per heavy atom.